The van der Waals surface area contributed by atoms with Crippen LogP contribution in [0.5, 0.6) is 0 Å². The molecule has 2 N–H and O–H groups in total. The molecule has 1 aromatic carbocycles. The van der Waals surface area contributed by atoms with E-state index in [1.807, 2.05) is 46.6 Å². The van der Waals surface area contributed by atoms with Gasteiger partial charge in [0.15, 0.2) is 5.78 Å². The molecule has 0 aliphatic heterocycles. The Bertz CT molecular complexity index is 419. The lowest BCUT2D eigenvalue weighted by Gasteiger charge is -2.06. The highest BCUT2D eigenvalue weighted by molar-refractivity contribution is 5.96. The average molecular weight is 426 g/mol. The molecule has 1 rings (SSSR count). The molecular formula is C26H51NO3. The predicted octanol–water partition coefficient (Wildman–Crippen LogP) is 6.99. The van der Waals surface area contributed by atoms with Crippen molar-refractivity contribution in [1.82, 2.24) is 5.32 Å². The van der Waals surface area contributed by atoms with Gasteiger partial charge in [-0.15, -0.1) is 0 Å². The first-order valence-corrected chi connectivity index (χ1v) is 11.8. The number of ketones is 1. The highest BCUT2D eigenvalue weighted by Gasteiger charge is 2.05. The van der Waals surface area contributed by atoms with Crippen LogP contribution >= 0.6 is 0 Å². The number of carbonyl (C=O) groups is 2. The van der Waals surface area contributed by atoms with Gasteiger partial charge in [-0.3, -0.25) is 4.79 Å². The zero-order valence-electron chi connectivity index (χ0n) is 21.1. The lowest BCUT2D eigenvalue weighted by Crippen LogP contribution is -2.14. The van der Waals surface area contributed by atoms with Crippen LogP contribution < -0.4 is 5.32 Å². The molecule has 0 bridgehead atoms. The predicted molar refractivity (Wildman–Crippen MR) is 133 cm³/mol. The monoisotopic (exact) mass is 425 g/mol. The van der Waals surface area contributed by atoms with Crippen molar-refractivity contribution in [3.63, 3.8) is 0 Å². The molecule has 0 unspecified atom stereocenters. The summed E-state index contributed by atoms with van der Waals surface area (Å²) in [6.45, 7) is 16.4. The molecule has 4 nitrogen and oxygen atoms in total. The normalized spacial score (nSPS) is 8.67. The highest BCUT2D eigenvalue weighted by atomic mass is 16.2. The van der Waals surface area contributed by atoms with E-state index in [0.29, 0.717) is 12.2 Å². The molecule has 1 aromatic rings. The van der Waals surface area contributed by atoms with E-state index in [9.17, 15) is 4.79 Å². The standard InChI is InChI=1S/C20H33NO.2C2H6.CH4O.CH2O/c1-3-5-7-8-9-10-11-20(22)19-14-12-18(13-15-19)17-21-16-6-4-2;4*1-2/h12-15,21H,3-11,16-17H2,1-2H3;2*1-2H3;2H,1H3;1H2. The quantitative estimate of drug-likeness (QED) is 0.264. The summed E-state index contributed by atoms with van der Waals surface area (Å²) in [7, 11) is 1.00. The number of hydrogen-bond donors (Lipinski definition) is 2. The third-order valence-corrected chi connectivity index (χ3v) is 4.07. The molecule has 0 heterocycles. The Morgan fingerprint density at radius 2 is 1.27 bits per heavy atom. The Balaban J connectivity index is -0.000000376. The van der Waals surface area contributed by atoms with Crippen LogP contribution in [-0.4, -0.2) is 31.3 Å². The summed E-state index contributed by atoms with van der Waals surface area (Å²) in [6.07, 6.45) is 10.5. The number of aliphatic hydroxyl groups excluding tert-OH is 1. The second kappa shape index (κ2) is 35.0. The van der Waals surface area contributed by atoms with E-state index in [1.165, 1.54) is 50.5 Å². The van der Waals surface area contributed by atoms with Gasteiger partial charge in [-0.2, -0.15) is 0 Å². The second-order valence-corrected chi connectivity index (χ2v) is 6.17. The molecular weight excluding hydrogens is 374 g/mol. The molecule has 30 heavy (non-hydrogen) atoms. The maximum Gasteiger partial charge on any atom is 0.162 e. The van der Waals surface area contributed by atoms with E-state index in [1.54, 1.807) is 0 Å². The molecule has 0 radical (unpaired) electrons. The summed E-state index contributed by atoms with van der Waals surface area (Å²) in [5.74, 6) is 0.293. The topological polar surface area (TPSA) is 66.4 Å². The van der Waals surface area contributed by atoms with E-state index in [2.05, 4.69) is 31.3 Å². The zero-order chi connectivity index (χ0) is 24.0. The van der Waals surface area contributed by atoms with Crippen LogP contribution in [-0.2, 0) is 11.3 Å². The van der Waals surface area contributed by atoms with Gasteiger partial charge in [0.25, 0.3) is 0 Å². The summed E-state index contributed by atoms with van der Waals surface area (Å²) < 4.78 is 0. The fraction of sp³-hybridized carbons (Fsp3) is 0.692. The molecule has 0 aromatic heterocycles. The lowest BCUT2D eigenvalue weighted by molar-refractivity contribution is -0.0980. The molecule has 0 amide bonds. The number of rotatable bonds is 13. The Morgan fingerprint density at radius 3 is 1.77 bits per heavy atom. The molecule has 178 valence electrons. The molecule has 0 spiro atoms. The molecule has 0 saturated carbocycles. The van der Waals surface area contributed by atoms with Gasteiger partial charge >= 0.3 is 0 Å². The Morgan fingerprint density at radius 1 is 0.800 bits per heavy atom. The van der Waals surface area contributed by atoms with Crippen LogP contribution in [0.2, 0.25) is 0 Å². The summed E-state index contributed by atoms with van der Waals surface area (Å²) in [5, 5.41) is 10.4. The van der Waals surface area contributed by atoms with Gasteiger partial charge in [-0.05, 0) is 24.9 Å². The third-order valence-electron chi connectivity index (χ3n) is 4.07. The summed E-state index contributed by atoms with van der Waals surface area (Å²) in [6, 6.07) is 8.12. The van der Waals surface area contributed by atoms with Crippen molar-refractivity contribution in [3.05, 3.63) is 35.4 Å². The number of benzene rings is 1. The van der Waals surface area contributed by atoms with Crippen molar-refractivity contribution >= 4 is 12.6 Å². The number of hydrogen-bond acceptors (Lipinski definition) is 4. The van der Waals surface area contributed by atoms with Crippen molar-refractivity contribution in [3.8, 4) is 0 Å². The van der Waals surface area contributed by atoms with E-state index in [-0.39, 0.29) is 0 Å². The minimum atomic E-state index is 0.293. The maximum absolute atomic E-state index is 12.1. The van der Waals surface area contributed by atoms with Gasteiger partial charge in [0.1, 0.15) is 6.79 Å². The first-order valence-electron chi connectivity index (χ1n) is 11.8. The fourth-order valence-electron chi connectivity index (χ4n) is 2.55. The summed E-state index contributed by atoms with van der Waals surface area (Å²) in [5.41, 5.74) is 2.12. The first kappa shape index (κ1) is 35.9. The fourth-order valence-corrected chi connectivity index (χ4v) is 2.55. The molecule has 0 aliphatic rings. The van der Waals surface area contributed by atoms with E-state index in [0.717, 1.165) is 32.2 Å². The molecule has 0 saturated heterocycles. The minimum Gasteiger partial charge on any atom is -0.400 e. The first-order chi connectivity index (χ1) is 14.8. The molecule has 0 atom stereocenters. The van der Waals surface area contributed by atoms with E-state index in [4.69, 9.17) is 9.90 Å². The van der Waals surface area contributed by atoms with Crippen LogP contribution in [0.3, 0.4) is 0 Å². The number of aliphatic hydroxyl groups is 1. The number of carbonyl (C=O) groups excluding carboxylic acids is 2. The average Bonchev–Trinajstić information content (AvgIpc) is 2.84. The van der Waals surface area contributed by atoms with Crippen molar-refractivity contribution in [2.45, 2.75) is 106 Å². The SMILES string of the molecule is C=O.CC.CC.CCCCCCCCC(=O)c1ccc(CNCCCC)cc1.CO. The van der Waals surface area contributed by atoms with Crippen LogP contribution in [0.15, 0.2) is 24.3 Å². The Hall–Kier alpha value is -1.52. The van der Waals surface area contributed by atoms with Gasteiger partial charge in [0, 0.05) is 25.6 Å². The number of unbranched alkanes of at least 4 members (excludes halogenated alkanes) is 6. The maximum atomic E-state index is 12.1. The van der Waals surface area contributed by atoms with Gasteiger partial charge in [0.05, 0.1) is 0 Å². The van der Waals surface area contributed by atoms with Crippen LogP contribution in [0, 0.1) is 0 Å². The number of nitrogens with one attached hydrogen (secondary N) is 1. The van der Waals surface area contributed by atoms with Crippen molar-refractivity contribution < 1.29 is 14.7 Å². The van der Waals surface area contributed by atoms with Crippen molar-refractivity contribution in [2.75, 3.05) is 13.7 Å². The van der Waals surface area contributed by atoms with Gasteiger partial charge < -0.3 is 15.2 Å². The third kappa shape index (κ3) is 24.5. The van der Waals surface area contributed by atoms with Gasteiger partial charge in [-0.25, -0.2) is 0 Å². The zero-order valence-corrected chi connectivity index (χ0v) is 21.1. The smallest absolute Gasteiger partial charge is 0.162 e. The Labute approximate surface area is 187 Å². The summed E-state index contributed by atoms with van der Waals surface area (Å²) >= 11 is 0. The number of Topliss-reactive ketones (excluding diaryl/α,β-unsaturated/α-hetero) is 1. The molecule has 0 aliphatic carbocycles. The van der Waals surface area contributed by atoms with Gasteiger partial charge in [-0.1, -0.05) is 104 Å². The van der Waals surface area contributed by atoms with Gasteiger partial charge in [0.2, 0.25) is 0 Å². The highest BCUT2D eigenvalue weighted by Crippen LogP contribution is 2.12. The van der Waals surface area contributed by atoms with Crippen LogP contribution in [0.1, 0.15) is 115 Å². The van der Waals surface area contributed by atoms with Crippen molar-refractivity contribution in [2.24, 2.45) is 0 Å². The van der Waals surface area contributed by atoms with E-state index >= 15 is 0 Å². The van der Waals surface area contributed by atoms with Crippen LogP contribution in [0.25, 0.3) is 0 Å². The lowest BCUT2D eigenvalue weighted by atomic mass is 10.0. The van der Waals surface area contributed by atoms with Crippen molar-refractivity contribution in [1.29, 1.82) is 0 Å². The second-order valence-electron chi connectivity index (χ2n) is 6.17. The van der Waals surface area contributed by atoms with E-state index < -0.39 is 0 Å². The molecule has 0 fully saturated rings. The molecule has 4 heteroatoms. The summed E-state index contributed by atoms with van der Waals surface area (Å²) in [4.78, 5) is 20.1. The minimum absolute atomic E-state index is 0.293. The Kier molecular flexibility index (Phi) is 41.8. The largest absolute Gasteiger partial charge is 0.400 e. The van der Waals surface area contributed by atoms with Crippen LogP contribution in [0.4, 0.5) is 0 Å².